The van der Waals surface area contributed by atoms with E-state index in [1.165, 1.54) is 12.1 Å². The summed E-state index contributed by atoms with van der Waals surface area (Å²) in [6.45, 7) is 1.15. The fourth-order valence-electron chi connectivity index (χ4n) is 1.63. The van der Waals surface area contributed by atoms with Crippen LogP contribution in [0.5, 0.6) is 5.75 Å². The predicted molar refractivity (Wildman–Crippen MR) is 76.0 cm³/mol. The molecule has 3 nitrogen and oxygen atoms in total. The van der Waals surface area contributed by atoms with E-state index in [1.807, 2.05) is 19.0 Å². The number of ether oxygens (including phenoxy) is 1. The van der Waals surface area contributed by atoms with Crippen LogP contribution < -0.4 is 10.5 Å². The summed E-state index contributed by atoms with van der Waals surface area (Å²) in [5.41, 5.74) is 4.25. The average Bonchev–Trinajstić information content (AvgIpc) is 2.33. The van der Waals surface area contributed by atoms with Crippen molar-refractivity contribution in [3.8, 4) is 5.75 Å². The fourth-order valence-corrected chi connectivity index (χ4v) is 1.81. The van der Waals surface area contributed by atoms with Crippen molar-refractivity contribution in [1.29, 1.82) is 0 Å². The number of alkyl halides is 3. The molecular formula is C13H17F3N2OS. The van der Waals surface area contributed by atoms with Gasteiger partial charge in [0, 0.05) is 12.1 Å². The molecule has 112 valence electrons. The minimum absolute atomic E-state index is 0.163. The Labute approximate surface area is 121 Å². The number of benzene rings is 1. The largest absolute Gasteiger partial charge is 0.494 e. The third-order valence-corrected chi connectivity index (χ3v) is 2.80. The minimum Gasteiger partial charge on any atom is -0.494 e. The van der Waals surface area contributed by atoms with E-state index in [0.717, 1.165) is 19.0 Å². The lowest BCUT2D eigenvalue weighted by Crippen LogP contribution is -2.18. The molecular weight excluding hydrogens is 289 g/mol. The molecule has 0 atom stereocenters. The van der Waals surface area contributed by atoms with Crippen LogP contribution in [0.15, 0.2) is 18.2 Å². The topological polar surface area (TPSA) is 38.5 Å². The first-order valence-electron chi connectivity index (χ1n) is 6.00. The van der Waals surface area contributed by atoms with Gasteiger partial charge in [0.15, 0.2) is 0 Å². The molecule has 0 fully saturated rings. The van der Waals surface area contributed by atoms with Crippen molar-refractivity contribution in [2.24, 2.45) is 5.73 Å². The van der Waals surface area contributed by atoms with Gasteiger partial charge in [-0.15, -0.1) is 0 Å². The van der Waals surface area contributed by atoms with Gasteiger partial charge in [-0.1, -0.05) is 12.2 Å². The highest BCUT2D eigenvalue weighted by atomic mass is 32.1. The highest BCUT2D eigenvalue weighted by Crippen LogP contribution is 2.34. The molecule has 0 saturated heterocycles. The van der Waals surface area contributed by atoms with Crippen LogP contribution in [-0.4, -0.2) is 37.1 Å². The fraction of sp³-hybridized carbons (Fsp3) is 0.462. The molecule has 2 N–H and O–H groups in total. The second-order valence-corrected chi connectivity index (χ2v) is 5.01. The molecule has 0 radical (unpaired) electrons. The molecule has 1 aromatic carbocycles. The summed E-state index contributed by atoms with van der Waals surface area (Å²) in [7, 11) is 3.83. The second kappa shape index (κ2) is 6.90. The summed E-state index contributed by atoms with van der Waals surface area (Å²) in [5.74, 6) is 0.163. The number of nitrogens with two attached hydrogens (primary N) is 1. The van der Waals surface area contributed by atoms with Crippen LogP contribution in [0.1, 0.15) is 17.5 Å². The van der Waals surface area contributed by atoms with Crippen LogP contribution in [0.2, 0.25) is 0 Å². The molecule has 0 aliphatic carbocycles. The summed E-state index contributed by atoms with van der Waals surface area (Å²) in [6, 6.07) is 3.62. The molecule has 0 aliphatic heterocycles. The molecule has 7 heteroatoms. The summed E-state index contributed by atoms with van der Waals surface area (Å²) >= 11 is 4.63. The maximum atomic E-state index is 12.9. The molecule has 0 heterocycles. The number of rotatable bonds is 6. The van der Waals surface area contributed by atoms with Crippen LogP contribution in [0.3, 0.4) is 0 Å². The van der Waals surface area contributed by atoms with Crippen LogP contribution >= 0.6 is 12.2 Å². The van der Waals surface area contributed by atoms with Gasteiger partial charge in [0.25, 0.3) is 0 Å². The van der Waals surface area contributed by atoms with Crippen molar-refractivity contribution in [3.63, 3.8) is 0 Å². The molecule has 1 aromatic rings. The smallest absolute Gasteiger partial charge is 0.417 e. The third kappa shape index (κ3) is 4.97. The molecule has 1 rings (SSSR count). The second-order valence-electron chi connectivity index (χ2n) is 4.57. The normalized spacial score (nSPS) is 11.7. The van der Waals surface area contributed by atoms with E-state index in [0.29, 0.717) is 6.61 Å². The van der Waals surface area contributed by atoms with Gasteiger partial charge in [-0.3, -0.25) is 0 Å². The van der Waals surface area contributed by atoms with E-state index in [4.69, 9.17) is 10.5 Å². The van der Waals surface area contributed by atoms with E-state index in [9.17, 15) is 13.2 Å². The minimum atomic E-state index is -4.51. The number of nitrogens with zero attached hydrogens (tertiary/aromatic N) is 1. The summed E-state index contributed by atoms with van der Waals surface area (Å²) in [5, 5.41) is 0. The Bertz CT molecular complexity index is 475. The van der Waals surface area contributed by atoms with Gasteiger partial charge in [0.1, 0.15) is 10.7 Å². The van der Waals surface area contributed by atoms with Crippen LogP contribution in [-0.2, 0) is 6.18 Å². The Morgan fingerprint density at radius 3 is 2.50 bits per heavy atom. The Balaban J connectivity index is 2.83. The maximum absolute atomic E-state index is 12.9. The molecule has 20 heavy (non-hydrogen) atoms. The Morgan fingerprint density at radius 1 is 1.35 bits per heavy atom. The summed E-state index contributed by atoms with van der Waals surface area (Å²) in [6.07, 6.45) is -3.78. The quantitative estimate of drug-likeness (QED) is 0.648. The molecule has 0 bridgehead atoms. The lowest BCUT2D eigenvalue weighted by atomic mass is 10.1. The molecule has 0 saturated carbocycles. The lowest BCUT2D eigenvalue weighted by molar-refractivity contribution is -0.137. The van der Waals surface area contributed by atoms with Gasteiger partial charge in [0.2, 0.25) is 0 Å². The molecule has 0 amide bonds. The standard InChI is InChI=1S/C13H17F3N2OS/c1-18(2)6-3-7-19-9-4-5-10(12(17)20)11(8-9)13(14,15)16/h4-5,8H,3,6-7H2,1-2H3,(H2,17,20). The van der Waals surface area contributed by atoms with E-state index in [1.54, 1.807) is 0 Å². The monoisotopic (exact) mass is 306 g/mol. The van der Waals surface area contributed by atoms with E-state index in [-0.39, 0.29) is 16.3 Å². The first-order chi connectivity index (χ1) is 9.21. The van der Waals surface area contributed by atoms with E-state index in [2.05, 4.69) is 12.2 Å². The van der Waals surface area contributed by atoms with Crippen molar-refractivity contribution in [2.75, 3.05) is 27.2 Å². The number of hydrogen-bond acceptors (Lipinski definition) is 3. The van der Waals surface area contributed by atoms with Gasteiger partial charge < -0.3 is 15.4 Å². The SMILES string of the molecule is CN(C)CCCOc1ccc(C(N)=S)c(C(F)(F)F)c1. The lowest BCUT2D eigenvalue weighted by Gasteiger charge is -2.15. The van der Waals surface area contributed by atoms with Crippen molar-refractivity contribution in [1.82, 2.24) is 4.90 Å². The van der Waals surface area contributed by atoms with Gasteiger partial charge >= 0.3 is 6.18 Å². The predicted octanol–water partition coefficient (Wildman–Crippen LogP) is 2.67. The van der Waals surface area contributed by atoms with E-state index < -0.39 is 11.7 Å². The Kier molecular flexibility index (Phi) is 5.76. The van der Waals surface area contributed by atoms with Crippen LogP contribution in [0.25, 0.3) is 0 Å². The summed E-state index contributed by atoms with van der Waals surface area (Å²) < 4.78 is 44.0. The molecule has 0 unspecified atom stereocenters. The van der Waals surface area contributed by atoms with Gasteiger partial charge in [-0.05, 0) is 38.7 Å². The number of thiocarbonyl (C=S) groups is 1. The summed E-state index contributed by atoms with van der Waals surface area (Å²) in [4.78, 5) is 1.69. The van der Waals surface area contributed by atoms with Crippen molar-refractivity contribution in [2.45, 2.75) is 12.6 Å². The van der Waals surface area contributed by atoms with Gasteiger partial charge in [-0.25, -0.2) is 0 Å². The van der Waals surface area contributed by atoms with E-state index >= 15 is 0 Å². The zero-order valence-electron chi connectivity index (χ0n) is 11.3. The van der Waals surface area contributed by atoms with Crippen LogP contribution in [0.4, 0.5) is 13.2 Å². The highest BCUT2D eigenvalue weighted by molar-refractivity contribution is 7.80. The zero-order valence-corrected chi connectivity index (χ0v) is 12.1. The number of hydrogen-bond donors (Lipinski definition) is 1. The van der Waals surface area contributed by atoms with Crippen molar-refractivity contribution in [3.05, 3.63) is 29.3 Å². The van der Waals surface area contributed by atoms with Gasteiger partial charge in [0.05, 0.1) is 12.2 Å². The maximum Gasteiger partial charge on any atom is 0.417 e. The average molecular weight is 306 g/mol. The molecule has 0 aliphatic rings. The Hall–Kier alpha value is -1.34. The van der Waals surface area contributed by atoms with Crippen molar-refractivity contribution < 1.29 is 17.9 Å². The highest BCUT2D eigenvalue weighted by Gasteiger charge is 2.34. The van der Waals surface area contributed by atoms with Crippen LogP contribution in [0, 0.1) is 0 Å². The number of halogens is 3. The van der Waals surface area contributed by atoms with Crippen molar-refractivity contribution >= 4 is 17.2 Å². The van der Waals surface area contributed by atoms with Gasteiger partial charge in [-0.2, -0.15) is 13.2 Å². The Morgan fingerprint density at radius 2 is 2.00 bits per heavy atom. The first kappa shape index (κ1) is 16.7. The molecule has 0 spiro atoms. The molecule has 0 aromatic heterocycles. The first-order valence-corrected chi connectivity index (χ1v) is 6.41. The third-order valence-electron chi connectivity index (χ3n) is 2.58. The zero-order chi connectivity index (χ0) is 15.3.